The standard InChI is InChI=1S/C19H16N8O3/c1-30-15-12(16-22-10-23-27-16)5-2-6-14(15)25-17-13(18(28)29)9-21-19(26-17)24-11-4-3-7-20-8-11/h2-10H,1H3,(H,28,29)(H,22,23,27)(H2,21,24,25,26). The van der Waals surface area contributed by atoms with E-state index < -0.39 is 5.97 Å². The Morgan fingerprint density at radius 2 is 2.03 bits per heavy atom. The summed E-state index contributed by atoms with van der Waals surface area (Å²) in [6.07, 6.45) is 5.85. The first-order valence-electron chi connectivity index (χ1n) is 8.73. The molecule has 3 heterocycles. The average Bonchev–Trinajstić information content (AvgIpc) is 3.29. The molecule has 0 fully saturated rings. The number of aromatic nitrogens is 6. The van der Waals surface area contributed by atoms with Crippen LogP contribution >= 0.6 is 0 Å². The minimum Gasteiger partial charge on any atom is -0.494 e. The summed E-state index contributed by atoms with van der Waals surface area (Å²) >= 11 is 0. The number of methoxy groups -OCH3 is 1. The molecule has 0 saturated carbocycles. The Hall–Kier alpha value is -4.54. The molecule has 150 valence electrons. The molecule has 11 heteroatoms. The Morgan fingerprint density at radius 1 is 1.13 bits per heavy atom. The molecule has 0 unspecified atom stereocenters. The van der Waals surface area contributed by atoms with Crippen LogP contribution in [0.3, 0.4) is 0 Å². The van der Waals surface area contributed by atoms with E-state index in [1.54, 1.807) is 42.7 Å². The van der Waals surface area contributed by atoms with Crippen molar-refractivity contribution in [2.75, 3.05) is 17.7 Å². The van der Waals surface area contributed by atoms with Crippen molar-refractivity contribution >= 4 is 29.1 Å². The quantitative estimate of drug-likeness (QED) is 0.362. The summed E-state index contributed by atoms with van der Waals surface area (Å²) in [5, 5.41) is 22.2. The number of pyridine rings is 1. The van der Waals surface area contributed by atoms with Gasteiger partial charge in [0.2, 0.25) is 5.95 Å². The molecule has 1 aromatic carbocycles. The van der Waals surface area contributed by atoms with Crippen molar-refractivity contribution in [1.29, 1.82) is 0 Å². The maximum atomic E-state index is 11.7. The number of hydrogen-bond acceptors (Lipinski definition) is 9. The molecule has 0 aliphatic heterocycles. The first-order valence-corrected chi connectivity index (χ1v) is 8.73. The van der Waals surface area contributed by atoms with E-state index in [-0.39, 0.29) is 17.3 Å². The van der Waals surface area contributed by atoms with E-state index in [0.717, 1.165) is 0 Å². The van der Waals surface area contributed by atoms with Crippen LogP contribution in [0.25, 0.3) is 11.4 Å². The van der Waals surface area contributed by atoms with Gasteiger partial charge in [0.1, 0.15) is 11.9 Å². The topological polar surface area (TPSA) is 151 Å². The molecule has 0 saturated heterocycles. The normalized spacial score (nSPS) is 10.4. The second-order valence-corrected chi connectivity index (χ2v) is 5.97. The lowest BCUT2D eigenvalue weighted by atomic mass is 10.1. The van der Waals surface area contributed by atoms with Gasteiger partial charge in [0.25, 0.3) is 0 Å². The number of nitrogens with zero attached hydrogens (tertiary/aromatic N) is 5. The highest BCUT2D eigenvalue weighted by atomic mass is 16.5. The molecule has 4 N–H and O–H groups in total. The van der Waals surface area contributed by atoms with Crippen LogP contribution in [-0.4, -0.2) is 48.3 Å². The van der Waals surface area contributed by atoms with Gasteiger partial charge in [-0.3, -0.25) is 10.1 Å². The molecule has 11 nitrogen and oxygen atoms in total. The van der Waals surface area contributed by atoms with E-state index in [2.05, 4.69) is 40.8 Å². The smallest absolute Gasteiger partial charge is 0.341 e. The van der Waals surface area contributed by atoms with Crippen molar-refractivity contribution in [1.82, 2.24) is 30.1 Å². The van der Waals surface area contributed by atoms with Gasteiger partial charge in [0.15, 0.2) is 17.4 Å². The van der Waals surface area contributed by atoms with Gasteiger partial charge in [-0.05, 0) is 24.3 Å². The number of para-hydroxylation sites is 1. The molecular weight excluding hydrogens is 388 g/mol. The average molecular weight is 404 g/mol. The Kier molecular flexibility index (Phi) is 5.16. The zero-order valence-corrected chi connectivity index (χ0v) is 15.7. The summed E-state index contributed by atoms with van der Waals surface area (Å²) in [7, 11) is 1.51. The van der Waals surface area contributed by atoms with Gasteiger partial charge in [-0.1, -0.05) is 6.07 Å². The van der Waals surface area contributed by atoms with E-state index in [9.17, 15) is 9.90 Å². The molecular formula is C19H16N8O3. The van der Waals surface area contributed by atoms with E-state index in [0.29, 0.717) is 28.5 Å². The van der Waals surface area contributed by atoms with Crippen LogP contribution < -0.4 is 15.4 Å². The zero-order valence-electron chi connectivity index (χ0n) is 15.7. The molecule has 0 aliphatic rings. The van der Waals surface area contributed by atoms with Crippen molar-refractivity contribution in [3.05, 3.63) is 60.8 Å². The first-order chi connectivity index (χ1) is 14.7. The van der Waals surface area contributed by atoms with Crippen molar-refractivity contribution in [2.45, 2.75) is 0 Å². The maximum absolute atomic E-state index is 11.7. The van der Waals surface area contributed by atoms with E-state index in [4.69, 9.17) is 4.74 Å². The van der Waals surface area contributed by atoms with Gasteiger partial charge in [0, 0.05) is 12.4 Å². The van der Waals surface area contributed by atoms with Gasteiger partial charge in [-0.25, -0.2) is 14.8 Å². The number of carboxylic acid groups (broad SMARTS) is 1. The predicted octanol–water partition coefficient (Wildman–Crippen LogP) is 2.85. The van der Waals surface area contributed by atoms with E-state index in [1.807, 2.05) is 0 Å². The second-order valence-electron chi connectivity index (χ2n) is 5.97. The van der Waals surface area contributed by atoms with Crippen LogP contribution in [0.4, 0.5) is 23.1 Å². The summed E-state index contributed by atoms with van der Waals surface area (Å²) in [6, 6.07) is 8.86. The number of aromatic amines is 1. The molecule has 0 atom stereocenters. The number of rotatable bonds is 7. The molecule has 30 heavy (non-hydrogen) atoms. The number of H-pyrrole nitrogens is 1. The predicted molar refractivity (Wildman–Crippen MR) is 108 cm³/mol. The number of nitrogens with one attached hydrogen (secondary N) is 3. The lowest BCUT2D eigenvalue weighted by Crippen LogP contribution is -2.09. The Labute approximate surface area is 170 Å². The molecule has 0 bridgehead atoms. The summed E-state index contributed by atoms with van der Waals surface area (Å²) in [6.45, 7) is 0. The summed E-state index contributed by atoms with van der Waals surface area (Å²) in [4.78, 5) is 28.2. The minimum atomic E-state index is -1.17. The molecule has 4 aromatic rings. The molecule has 3 aromatic heterocycles. The highest BCUT2D eigenvalue weighted by Crippen LogP contribution is 2.36. The van der Waals surface area contributed by atoms with E-state index >= 15 is 0 Å². The van der Waals surface area contributed by atoms with Gasteiger partial charge < -0.3 is 20.5 Å². The van der Waals surface area contributed by atoms with Crippen LogP contribution in [0, 0.1) is 0 Å². The number of carbonyl (C=O) groups is 1. The van der Waals surface area contributed by atoms with E-state index in [1.165, 1.54) is 19.6 Å². The summed E-state index contributed by atoms with van der Waals surface area (Å²) in [5.41, 5.74) is 1.72. The minimum absolute atomic E-state index is 0.0944. The maximum Gasteiger partial charge on any atom is 0.341 e. The number of benzene rings is 1. The fourth-order valence-electron chi connectivity index (χ4n) is 2.76. The highest BCUT2D eigenvalue weighted by molar-refractivity contribution is 5.94. The third kappa shape index (κ3) is 3.85. The van der Waals surface area contributed by atoms with Gasteiger partial charge in [-0.15, -0.1) is 0 Å². The fraction of sp³-hybridized carbons (Fsp3) is 0.0526. The van der Waals surface area contributed by atoms with Crippen molar-refractivity contribution < 1.29 is 14.6 Å². The Balaban J connectivity index is 1.72. The van der Waals surface area contributed by atoms with Gasteiger partial charge in [0.05, 0.1) is 30.2 Å². The van der Waals surface area contributed by atoms with Crippen LogP contribution in [0.5, 0.6) is 5.75 Å². The largest absolute Gasteiger partial charge is 0.494 e. The number of ether oxygens (including phenoxy) is 1. The van der Waals surface area contributed by atoms with Crippen LogP contribution in [0.15, 0.2) is 55.2 Å². The van der Waals surface area contributed by atoms with Crippen molar-refractivity contribution in [3.8, 4) is 17.1 Å². The van der Waals surface area contributed by atoms with Crippen LogP contribution in [-0.2, 0) is 0 Å². The summed E-state index contributed by atoms with van der Waals surface area (Å²) in [5.74, 6) is 0.0927. The number of anilines is 4. The first kappa shape index (κ1) is 18.8. The van der Waals surface area contributed by atoms with Crippen LogP contribution in [0.2, 0.25) is 0 Å². The van der Waals surface area contributed by atoms with Crippen LogP contribution in [0.1, 0.15) is 10.4 Å². The Bertz CT molecular complexity index is 1170. The van der Waals surface area contributed by atoms with Crippen molar-refractivity contribution in [3.63, 3.8) is 0 Å². The highest BCUT2D eigenvalue weighted by Gasteiger charge is 2.18. The molecule has 0 spiro atoms. The second kappa shape index (κ2) is 8.22. The zero-order chi connectivity index (χ0) is 20.9. The molecule has 4 rings (SSSR count). The van der Waals surface area contributed by atoms with Gasteiger partial charge in [-0.2, -0.15) is 10.1 Å². The number of carboxylic acids is 1. The Morgan fingerprint density at radius 3 is 2.73 bits per heavy atom. The number of hydrogen-bond donors (Lipinski definition) is 4. The lowest BCUT2D eigenvalue weighted by Gasteiger charge is -2.15. The molecule has 0 amide bonds. The molecule has 0 radical (unpaired) electrons. The lowest BCUT2D eigenvalue weighted by molar-refractivity contribution is 0.0697. The third-order valence-electron chi connectivity index (χ3n) is 4.08. The fourth-order valence-corrected chi connectivity index (χ4v) is 2.76. The van der Waals surface area contributed by atoms with Crippen molar-refractivity contribution in [2.24, 2.45) is 0 Å². The number of aromatic carboxylic acids is 1. The monoisotopic (exact) mass is 404 g/mol. The third-order valence-corrected chi connectivity index (χ3v) is 4.08. The SMILES string of the molecule is COc1c(Nc2nc(Nc3cccnc3)ncc2C(=O)O)cccc1-c1ncn[nH]1. The van der Waals surface area contributed by atoms with Gasteiger partial charge >= 0.3 is 5.97 Å². The molecule has 0 aliphatic carbocycles. The summed E-state index contributed by atoms with van der Waals surface area (Å²) < 4.78 is 5.53.